The molecule has 1 heterocycles. The second-order valence-corrected chi connectivity index (χ2v) is 7.22. The average molecular weight is 378 g/mol. The summed E-state index contributed by atoms with van der Waals surface area (Å²) in [6.07, 6.45) is 1.98. The van der Waals surface area contributed by atoms with Gasteiger partial charge in [0.25, 0.3) is 5.91 Å². The lowest BCUT2D eigenvalue weighted by Crippen LogP contribution is -2.46. The molecule has 8 heteroatoms. The second-order valence-electron chi connectivity index (χ2n) is 5.55. The Morgan fingerprint density at radius 2 is 2.00 bits per heavy atom. The van der Waals surface area contributed by atoms with E-state index in [4.69, 9.17) is 17.3 Å². The third-order valence-electron chi connectivity index (χ3n) is 3.59. The minimum absolute atomic E-state index is 0.257. The highest BCUT2D eigenvalue weighted by Crippen LogP contribution is 2.32. The number of hydrogen-bond donors (Lipinski definition) is 2. The Hall–Kier alpha value is -2.19. The van der Waals surface area contributed by atoms with Gasteiger partial charge < -0.3 is 10.4 Å². The van der Waals surface area contributed by atoms with Crippen LogP contribution in [0.15, 0.2) is 29.2 Å². The third kappa shape index (κ3) is 4.90. The van der Waals surface area contributed by atoms with Gasteiger partial charge in [-0.05, 0) is 25.0 Å². The summed E-state index contributed by atoms with van der Waals surface area (Å²) in [5.74, 6) is -2.02. The van der Waals surface area contributed by atoms with E-state index in [1.807, 2.05) is 31.2 Å². The quantitative estimate of drug-likeness (QED) is 0.583. The molecule has 1 atom stereocenters. The number of carboxylic acid groups (broad SMARTS) is 1. The predicted octanol–water partition coefficient (Wildman–Crippen LogP) is 2.18. The number of thiocarbonyl (C=S) groups is 1. The highest BCUT2D eigenvalue weighted by molar-refractivity contribution is 8.26. The lowest BCUT2D eigenvalue weighted by atomic mass is 10.1. The SMILES string of the molecule is CCC(NC(=O)CN1C(=O)/C(=C\c2ccc(C)cc2)SC1=S)C(=O)O. The molecule has 6 nitrogen and oxygen atoms in total. The van der Waals surface area contributed by atoms with Crippen LogP contribution in [-0.4, -0.2) is 44.7 Å². The number of hydrogen-bond acceptors (Lipinski definition) is 5. The van der Waals surface area contributed by atoms with Gasteiger partial charge in [0.05, 0.1) is 4.91 Å². The van der Waals surface area contributed by atoms with E-state index in [9.17, 15) is 14.4 Å². The third-order valence-corrected chi connectivity index (χ3v) is 4.97. The van der Waals surface area contributed by atoms with Crippen molar-refractivity contribution in [2.24, 2.45) is 0 Å². The first-order chi connectivity index (χ1) is 11.8. The number of thioether (sulfide) groups is 1. The molecule has 0 bridgehead atoms. The van der Waals surface area contributed by atoms with Crippen LogP contribution < -0.4 is 5.32 Å². The number of aryl methyl sites for hydroxylation is 1. The molecule has 132 valence electrons. The number of nitrogens with zero attached hydrogens (tertiary/aromatic N) is 1. The molecule has 0 aromatic heterocycles. The lowest BCUT2D eigenvalue weighted by Gasteiger charge is -2.17. The molecule has 0 radical (unpaired) electrons. The summed E-state index contributed by atoms with van der Waals surface area (Å²) in [7, 11) is 0. The highest BCUT2D eigenvalue weighted by atomic mass is 32.2. The number of amides is 2. The van der Waals surface area contributed by atoms with Crippen LogP contribution in [0.25, 0.3) is 6.08 Å². The van der Waals surface area contributed by atoms with E-state index in [0.29, 0.717) is 4.91 Å². The molecule has 2 N–H and O–H groups in total. The first-order valence-electron chi connectivity index (χ1n) is 7.66. The molecule has 0 saturated carbocycles. The van der Waals surface area contributed by atoms with E-state index in [1.165, 1.54) is 4.90 Å². The topological polar surface area (TPSA) is 86.7 Å². The van der Waals surface area contributed by atoms with Crippen LogP contribution in [0, 0.1) is 6.92 Å². The largest absolute Gasteiger partial charge is 0.480 e. The van der Waals surface area contributed by atoms with Crippen LogP contribution in [-0.2, 0) is 14.4 Å². The number of nitrogens with one attached hydrogen (secondary N) is 1. The molecule has 1 aromatic rings. The number of carboxylic acids is 1. The molecule has 2 rings (SSSR count). The summed E-state index contributed by atoms with van der Waals surface area (Å²) in [4.78, 5) is 37.1. The summed E-state index contributed by atoms with van der Waals surface area (Å²) in [5.41, 5.74) is 1.98. The second kappa shape index (κ2) is 8.26. The molecule has 0 spiro atoms. The Labute approximate surface area is 155 Å². The summed E-state index contributed by atoms with van der Waals surface area (Å²) >= 11 is 6.30. The Bertz CT molecular complexity index is 744. The predicted molar refractivity (Wildman–Crippen MR) is 101 cm³/mol. The van der Waals surface area contributed by atoms with Crippen LogP contribution in [0.2, 0.25) is 0 Å². The Kier molecular flexibility index (Phi) is 6.33. The fraction of sp³-hybridized carbons (Fsp3) is 0.294. The summed E-state index contributed by atoms with van der Waals surface area (Å²) in [6, 6.07) is 6.70. The van der Waals surface area contributed by atoms with Gasteiger partial charge in [0, 0.05) is 0 Å². The zero-order valence-corrected chi connectivity index (χ0v) is 15.4. The molecule has 1 saturated heterocycles. The smallest absolute Gasteiger partial charge is 0.326 e. The van der Waals surface area contributed by atoms with E-state index in [-0.39, 0.29) is 23.2 Å². The van der Waals surface area contributed by atoms with Crippen molar-refractivity contribution in [3.05, 3.63) is 40.3 Å². The highest BCUT2D eigenvalue weighted by Gasteiger charge is 2.34. The van der Waals surface area contributed by atoms with Crippen molar-refractivity contribution in [1.82, 2.24) is 10.2 Å². The van der Waals surface area contributed by atoms with E-state index < -0.39 is 17.9 Å². The minimum atomic E-state index is -1.11. The van der Waals surface area contributed by atoms with E-state index in [2.05, 4.69) is 5.32 Å². The Balaban J connectivity index is 2.07. The van der Waals surface area contributed by atoms with Crippen molar-refractivity contribution < 1.29 is 19.5 Å². The van der Waals surface area contributed by atoms with Crippen molar-refractivity contribution in [3.63, 3.8) is 0 Å². The van der Waals surface area contributed by atoms with Crippen molar-refractivity contribution in [3.8, 4) is 0 Å². The first kappa shape index (κ1) is 19.1. The number of benzene rings is 1. The van der Waals surface area contributed by atoms with Crippen LogP contribution in [0.4, 0.5) is 0 Å². The van der Waals surface area contributed by atoms with Crippen LogP contribution in [0.5, 0.6) is 0 Å². The van der Waals surface area contributed by atoms with Gasteiger partial charge in [-0.2, -0.15) is 0 Å². The lowest BCUT2D eigenvalue weighted by molar-refractivity contribution is -0.142. The van der Waals surface area contributed by atoms with Gasteiger partial charge in [-0.25, -0.2) is 4.79 Å². The van der Waals surface area contributed by atoms with Crippen molar-refractivity contribution in [2.45, 2.75) is 26.3 Å². The normalized spacial score (nSPS) is 17.0. The standard InChI is InChI=1S/C17H18N2O4S2/c1-3-12(16(22)23)18-14(20)9-19-15(21)13(25-17(19)24)8-11-6-4-10(2)5-7-11/h4-8,12H,3,9H2,1-2H3,(H,18,20)(H,22,23)/b13-8+. The molecule has 1 fully saturated rings. The zero-order valence-electron chi connectivity index (χ0n) is 13.8. The molecular weight excluding hydrogens is 360 g/mol. The van der Waals surface area contributed by atoms with E-state index in [1.54, 1.807) is 13.0 Å². The molecule has 1 aliphatic rings. The molecular formula is C17H18N2O4S2. The van der Waals surface area contributed by atoms with Gasteiger partial charge in [0.2, 0.25) is 5.91 Å². The van der Waals surface area contributed by atoms with Gasteiger partial charge >= 0.3 is 5.97 Å². The van der Waals surface area contributed by atoms with Gasteiger partial charge in [-0.3, -0.25) is 14.5 Å². The first-order valence-corrected chi connectivity index (χ1v) is 8.88. The van der Waals surface area contributed by atoms with E-state index >= 15 is 0 Å². The van der Waals surface area contributed by atoms with Gasteiger partial charge in [0.15, 0.2) is 0 Å². The van der Waals surface area contributed by atoms with Gasteiger partial charge in [-0.15, -0.1) is 0 Å². The maximum Gasteiger partial charge on any atom is 0.326 e. The number of aliphatic carboxylic acids is 1. The van der Waals surface area contributed by atoms with Crippen molar-refractivity contribution in [2.75, 3.05) is 6.54 Å². The molecule has 1 aliphatic heterocycles. The Morgan fingerprint density at radius 1 is 1.36 bits per heavy atom. The fourth-order valence-electron chi connectivity index (χ4n) is 2.17. The Morgan fingerprint density at radius 3 is 2.56 bits per heavy atom. The number of rotatable bonds is 6. The molecule has 1 aromatic carbocycles. The van der Waals surface area contributed by atoms with Crippen molar-refractivity contribution >= 4 is 52.2 Å². The average Bonchev–Trinajstić information content (AvgIpc) is 2.82. The van der Waals surface area contributed by atoms with Crippen LogP contribution in [0.3, 0.4) is 0 Å². The summed E-state index contributed by atoms with van der Waals surface area (Å²) in [5, 5.41) is 11.4. The fourth-order valence-corrected chi connectivity index (χ4v) is 3.43. The summed E-state index contributed by atoms with van der Waals surface area (Å²) < 4.78 is 0.280. The number of carbonyl (C=O) groups excluding carboxylic acids is 2. The minimum Gasteiger partial charge on any atom is -0.480 e. The van der Waals surface area contributed by atoms with Gasteiger partial charge in [0.1, 0.15) is 16.9 Å². The van der Waals surface area contributed by atoms with Gasteiger partial charge in [-0.1, -0.05) is 60.7 Å². The van der Waals surface area contributed by atoms with Crippen LogP contribution >= 0.6 is 24.0 Å². The van der Waals surface area contributed by atoms with Crippen LogP contribution in [0.1, 0.15) is 24.5 Å². The monoisotopic (exact) mass is 378 g/mol. The molecule has 25 heavy (non-hydrogen) atoms. The summed E-state index contributed by atoms with van der Waals surface area (Å²) in [6.45, 7) is 3.34. The van der Waals surface area contributed by atoms with Crippen molar-refractivity contribution in [1.29, 1.82) is 0 Å². The molecule has 2 amide bonds. The molecule has 1 unspecified atom stereocenters. The van der Waals surface area contributed by atoms with E-state index in [0.717, 1.165) is 22.9 Å². The zero-order chi connectivity index (χ0) is 18.6. The maximum atomic E-state index is 12.5. The number of carbonyl (C=O) groups is 3. The molecule has 0 aliphatic carbocycles. The maximum absolute atomic E-state index is 12.5.